The molecule has 3 aliphatic rings. The third-order valence-electron chi connectivity index (χ3n) is 10.1. The van der Waals surface area contributed by atoms with Crippen LogP contribution in [0.1, 0.15) is 73.5 Å². The molecular weight excluding hydrogens is 609 g/mol. The van der Waals surface area contributed by atoms with Crippen LogP contribution in [0.25, 0.3) is 11.4 Å². The summed E-state index contributed by atoms with van der Waals surface area (Å²) >= 11 is 0. The van der Waals surface area contributed by atoms with E-state index in [-0.39, 0.29) is 38.2 Å². The Balaban J connectivity index is 1.45. The number of nitrogens with one attached hydrogen (secondary N) is 1. The van der Waals surface area contributed by atoms with E-state index < -0.39 is 69.9 Å². The molecule has 0 radical (unpaired) electrons. The fourth-order valence-corrected chi connectivity index (χ4v) is 7.91. The lowest BCUT2D eigenvalue weighted by molar-refractivity contribution is -0.192. The van der Waals surface area contributed by atoms with E-state index in [1.807, 2.05) is 6.07 Å². The second-order valence-corrected chi connectivity index (χ2v) is 13.9. The summed E-state index contributed by atoms with van der Waals surface area (Å²) in [6.45, 7) is 11.2. The number of Topliss-reactive ketones (excluding diaryl/α,β-unsaturated/α-hetero) is 2. The fourth-order valence-electron chi connectivity index (χ4n) is 7.91. The highest BCUT2D eigenvalue weighted by molar-refractivity contribution is 6.07. The Morgan fingerprint density at radius 3 is 2.40 bits per heavy atom. The number of ketones is 2. The molecule has 0 amide bonds. The predicted octanol–water partition coefficient (Wildman–Crippen LogP) is 4.03. The molecule has 0 spiro atoms. The maximum Gasteiger partial charge on any atom is 0.351 e. The van der Waals surface area contributed by atoms with Gasteiger partial charge in [0.15, 0.2) is 11.4 Å². The summed E-state index contributed by atoms with van der Waals surface area (Å²) in [4.78, 5) is 58.5. The van der Waals surface area contributed by atoms with Gasteiger partial charge in [-0.05, 0) is 58.1 Å². The number of ether oxygens (including phenoxy) is 3. The third kappa shape index (κ3) is 6.23. The number of rotatable bonds is 4. The van der Waals surface area contributed by atoms with Gasteiger partial charge in [-0.15, -0.1) is 0 Å². The summed E-state index contributed by atoms with van der Waals surface area (Å²) in [7, 11) is 0. The second kappa shape index (κ2) is 12.6. The quantitative estimate of drug-likeness (QED) is 0.290. The first-order valence-electron chi connectivity index (χ1n) is 16.0. The van der Waals surface area contributed by atoms with Gasteiger partial charge in [0, 0.05) is 42.0 Å². The average molecular weight is 652 g/mol. The molecule has 3 fully saturated rings. The molecular formula is C35H42FN3O8. The molecule has 12 heteroatoms. The molecule has 47 heavy (non-hydrogen) atoms. The Morgan fingerprint density at radius 1 is 1.04 bits per heavy atom. The van der Waals surface area contributed by atoms with Crippen LogP contribution in [0.2, 0.25) is 0 Å². The molecule has 2 aromatic heterocycles. The van der Waals surface area contributed by atoms with E-state index in [9.17, 15) is 19.2 Å². The topological polar surface area (TPSA) is 147 Å². The number of nitrogens with zero attached hydrogens (tertiary/aromatic N) is 2. The number of cyclic esters (lactones) is 1. The van der Waals surface area contributed by atoms with Crippen LogP contribution in [-0.2, 0) is 33.4 Å². The van der Waals surface area contributed by atoms with Crippen molar-refractivity contribution in [2.75, 3.05) is 13.2 Å². The molecule has 11 nitrogen and oxygen atoms in total. The smallest absolute Gasteiger partial charge is 0.351 e. The summed E-state index contributed by atoms with van der Waals surface area (Å²) in [5, 5.41) is 7.16. The van der Waals surface area contributed by atoms with E-state index in [0.29, 0.717) is 17.1 Å². The number of aromatic nitrogens is 2. The van der Waals surface area contributed by atoms with Crippen LogP contribution in [0.3, 0.4) is 0 Å². The predicted molar refractivity (Wildman–Crippen MR) is 166 cm³/mol. The van der Waals surface area contributed by atoms with Crippen molar-refractivity contribution < 1.29 is 42.3 Å². The molecule has 1 N–H and O–H groups in total. The zero-order valence-corrected chi connectivity index (χ0v) is 27.8. The molecule has 252 valence electrons. The minimum absolute atomic E-state index is 0.00158. The van der Waals surface area contributed by atoms with Crippen molar-refractivity contribution in [3.05, 3.63) is 36.2 Å². The van der Waals surface area contributed by atoms with Crippen molar-refractivity contribution in [1.82, 2.24) is 15.5 Å². The van der Waals surface area contributed by atoms with Gasteiger partial charge >= 0.3 is 11.9 Å². The SMILES string of the molecule is CC[C@@H]1OC(=O)[C@](C)(F)C(=O)[C@H](C)C[C@](C)(OCC#Cc2cc(-c3ccccn3)no2)C[C@@H](C)C(=O)[C@]2(C)CN[C@H]3C(=O)O[C@@]1(C)C32. The monoisotopic (exact) mass is 651 g/mol. The average Bonchev–Trinajstić information content (AvgIpc) is 3.73. The standard InChI is InChI=1S/C35H42FN3O8/c1-8-25-35(7)27-26(30(42)46-35)38-19-33(27,5)28(40)20(2)17-32(4,18-21(3)29(41)34(6,36)31(43)45-25)44-15-11-12-22-16-24(39-47-22)23-13-9-10-14-37-23/h9-10,13-14,16,20-21,25-27,38H,8,15,17-19H2,1-7H3/t20-,21-,25+,26-,27?,32-,33-,34-,35-/m1/s1. The van der Waals surface area contributed by atoms with Crippen LogP contribution in [0.4, 0.5) is 4.39 Å². The zero-order chi connectivity index (χ0) is 34.4. The minimum atomic E-state index is -2.98. The molecule has 3 saturated heterocycles. The summed E-state index contributed by atoms with van der Waals surface area (Å²) in [6, 6.07) is 6.26. The third-order valence-corrected chi connectivity index (χ3v) is 10.1. The molecule has 2 aromatic rings. The lowest BCUT2D eigenvalue weighted by Gasteiger charge is -2.44. The summed E-state index contributed by atoms with van der Waals surface area (Å²) in [5.74, 6) is 0.717. The number of esters is 2. The molecule has 5 rings (SSSR count). The second-order valence-electron chi connectivity index (χ2n) is 13.9. The normalized spacial score (nSPS) is 37.7. The Kier molecular flexibility index (Phi) is 9.20. The maximum atomic E-state index is 16.1. The van der Waals surface area contributed by atoms with E-state index in [1.54, 1.807) is 59.0 Å². The van der Waals surface area contributed by atoms with Gasteiger partial charge in [-0.1, -0.05) is 44.8 Å². The van der Waals surface area contributed by atoms with Crippen LogP contribution in [-0.4, -0.2) is 75.8 Å². The number of carbonyl (C=O) groups excluding carboxylic acids is 4. The van der Waals surface area contributed by atoms with E-state index >= 15 is 4.39 Å². The van der Waals surface area contributed by atoms with Crippen LogP contribution in [0.5, 0.6) is 0 Å². The van der Waals surface area contributed by atoms with Gasteiger partial charge in [0.2, 0.25) is 5.76 Å². The lowest BCUT2D eigenvalue weighted by Crippen LogP contribution is -2.57. The van der Waals surface area contributed by atoms with Gasteiger partial charge in [-0.25, -0.2) is 9.18 Å². The number of hydrogen-bond acceptors (Lipinski definition) is 11. The van der Waals surface area contributed by atoms with E-state index in [1.165, 1.54) is 6.92 Å². The zero-order valence-electron chi connectivity index (χ0n) is 27.8. The number of halogens is 1. The molecule has 5 heterocycles. The highest BCUT2D eigenvalue weighted by Gasteiger charge is 2.69. The molecule has 0 saturated carbocycles. The number of alkyl halides is 1. The first kappa shape index (κ1) is 34.4. The Bertz CT molecular complexity index is 1610. The fraction of sp³-hybridized carbons (Fsp3) is 0.600. The first-order chi connectivity index (χ1) is 22.1. The van der Waals surface area contributed by atoms with Gasteiger partial charge in [-0.2, -0.15) is 0 Å². The largest absolute Gasteiger partial charge is 0.455 e. The van der Waals surface area contributed by atoms with Gasteiger partial charge in [0.05, 0.1) is 11.3 Å². The van der Waals surface area contributed by atoms with Crippen molar-refractivity contribution in [3.8, 4) is 23.2 Å². The summed E-state index contributed by atoms with van der Waals surface area (Å²) in [5.41, 5.74) is -5.50. The minimum Gasteiger partial charge on any atom is -0.455 e. The Hall–Kier alpha value is -3.95. The Labute approximate surface area is 273 Å². The van der Waals surface area contributed by atoms with Gasteiger partial charge in [0.1, 0.15) is 30.2 Å². The van der Waals surface area contributed by atoms with Gasteiger partial charge in [-0.3, -0.25) is 19.4 Å². The Morgan fingerprint density at radius 2 is 1.74 bits per heavy atom. The number of pyridine rings is 1. The van der Waals surface area contributed by atoms with Gasteiger partial charge < -0.3 is 24.1 Å². The summed E-state index contributed by atoms with van der Waals surface area (Å²) in [6.07, 6.45) is 0.895. The van der Waals surface area contributed by atoms with E-state index in [4.69, 9.17) is 18.7 Å². The van der Waals surface area contributed by atoms with Crippen LogP contribution >= 0.6 is 0 Å². The van der Waals surface area contributed by atoms with E-state index in [0.717, 1.165) is 6.92 Å². The van der Waals surface area contributed by atoms with Crippen molar-refractivity contribution in [2.45, 2.75) is 96.7 Å². The molecule has 0 aliphatic carbocycles. The molecule has 0 bridgehead atoms. The molecule has 1 unspecified atom stereocenters. The highest BCUT2D eigenvalue weighted by atomic mass is 19.1. The van der Waals surface area contributed by atoms with Crippen molar-refractivity contribution in [1.29, 1.82) is 0 Å². The molecule has 3 aliphatic heterocycles. The van der Waals surface area contributed by atoms with Crippen molar-refractivity contribution in [2.24, 2.45) is 23.2 Å². The number of carbonyl (C=O) groups is 4. The summed E-state index contributed by atoms with van der Waals surface area (Å²) < 4.78 is 39.2. The van der Waals surface area contributed by atoms with E-state index in [2.05, 4.69) is 27.3 Å². The maximum absolute atomic E-state index is 16.1. The van der Waals surface area contributed by atoms with Gasteiger partial charge in [0.25, 0.3) is 5.67 Å². The van der Waals surface area contributed by atoms with Crippen molar-refractivity contribution >= 4 is 23.5 Å². The number of hydrogen-bond donors (Lipinski definition) is 1. The first-order valence-corrected chi connectivity index (χ1v) is 16.0. The van der Waals surface area contributed by atoms with Crippen LogP contribution in [0, 0.1) is 35.0 Å². The molecule has 0 aromatic carbocycles. The van der Waals surface area contributed by atoms with Crippen molar-refractivity contribution in [3.63, 3.8) is 0 Å². The van der Waals surface area contributed by atoms with Crippen LogP contribution < -0.4 is 5.32 Å². The molecule has 9 atom stereocenters. The van der Waals surface area contributed by atoms with Crippen LogP contribution in [0.15, 0.2) is 35.0 Å². The highest BCUT2D eigenvalue weighted by Crippen LogP contribution is 2.53. The lowest BCUT2D eigenvalue weighted by atomic mass is 9.62.